The molecule has 1 saturated carbocycles. The van der Waals surface area contributed by atoms with Gasteiger partial charge in [-0.1, -0.05) is 19.3 Å². The number of rotatable bonds is 4. The van der Waals surface area contributed by atoms with E-state index >= 15 is 0 Å². The van der Waals surface area contributed by atoms with E-state index in [-0.39, 0.29) is 17.3 Å². The van der Waals surface area contributed by atoms with E-state index in [9.17, 15) is 18.0 Å². The van der Waals surface area contributed by atoms with Gasteiger partial charge in [-0.05, 0) is 30.5 Å². The SMILES string of the molecule is O=C(Nc1cc(CO)cc(OC(F)(F)F)c1)NC1CCCCC1. The summed E-state index contributed by atoms with van der Waals surface area (Å²) in [6.45, 7) is -0.464. The summed E-state index contributed by atoms with van der Waals surface area (Å²) in [5.74, 6) is -0.489. The first kappa shape index (κ1) is 17.4. The number of ether oxygens (including phenoxy) is 1. The van der Waals surface area contributed by atoms with Crippen LogP contribution in [0.5, 0.6) is 5.75 Å². The first-order valence-electron chi connectivity index (χ1n) is 7.44. The zero-order chi connectivity index (χ0) is 16.9. The number of anilines is 1. The third-order valence-electron chi connectivity index (χ3n) is 3.58. The number of alkyl halides is 3. The van der Waals surface area contributed by atoms with Crippen LogP contribution < -0.4 is 15.4 Å². The quantitative estimate of drug-likeness (QED) is 0.790. The van der Waals surface area contributed by atoms with Gasteiger partial charge < -0.3 is 20.5 Å². The van der Waals surface area contributed by atoms with Crippen LogP contribution in [-0.4, -0.2) is 23.5 Å². The van der Waals surface area contributed by atoms with Gasteiger partial charge in [0.25, 0.3) is 0 Å². The van der Waals surface area contributed by atoms with Crippen molar-refractivity contribution in [2.75, 3.05) is 5.32 Å². The molecule has 1 aromatic carbocycles. The zero-order valence-electron chi connectivity index (χ0n) is 12.4. The number of nitrogens with one attached hydrogen (secondary N) is 2. The van der Waals surface area contributed by atoms with Crippen LogP contribution in [0.3, 0.4) is 0 Å². The monoisotopic (exact) mass is 332 g/mol. The van der Waals surface area contributed by atoms with Crippen LogP contribution in [0.25, 0.3) is 0 Å². The molecule has 1 aliphatic carbocycles. The highest BCUT2D eigenvalue weighted by Crippen LogP contribution is 2.27. The van der Waals surface area contributed by atoms with Gasteiger partial charge in [0.05, 0.1) is 6.61 Å². The van der Waals surface area contributed by atoms with Gasteiger partial charge in [0.1, 0.15) is 5.75 Å². The molecular weight excluding hydrogens is 313 g/mol. The van der Waals surface area contributed by atoms with E-state index in [0.717, 1.165) is 44.2 Å². The summed E-state index contributed by atoms with van der Waals surface area (Å²) in [4.78, 5) is 11.9. The van der Waals surface area contributed by atoms with Crippen LogP contribution in [0.4, 0.5) is 23.7 Å². The van der Waals surface area contributed by atoms with Crippen LogP contribution in [-0.2, 0) is 6.61 Å². The maximum atomic E-state index is 12.3. The Labute approximate surface area is 131 Å². The Morgan fingerprint density at radius 3 is 2.52 bits per heavy atom. The third kappa shape index (κ3) is 5.97. The van der Waals surface area contributed by atoms with Gasteiger partial charge in [0, 0.05) is 17.8 Å². The van der Waals surface area contributed by atoms with E-state index < -0.39 is 24.7 Å². The van der Waals surface area contributed by atoms with Gasteiger partial charge in [0.15, 0.2) is 0 Å². The second kappa shape index (κ2) is 7.54. The fourth-order valence-electron chi connectivity index (χ4n) is 2.62. The fourth-order valence-corrected chi connectivity index (χ4v) is 2.62. The van der Waals surface area contributed by atoms with E-state index in [1.165, 1.54) is 6.07 Å². The molecule has 1 fully saturated rings. The second-order valence-corrected chi connectivity index (χ2v) is 5.50. The van der Waals surface area contributed by atoms with Crippen LogP contribution in [0, 0.1) is 0 Å². The lowest BCUT2D eigenvalue weighted by Gasteiger charge is -2.23. The molecule has 23 heavy (non-hydrogen) atoms. The van der Waals surface area contributed by atoms with Crippen molar-refractivity contribution in [1.82, 2.24) is 5.32 Å². The minimum absolute atomic E-state index is 0.0793. The number of aliphatic hydroxyl groups excluding tert-OH is 1. The van der Waals surface area contributed by atoms with Crippen molar-refractivity contribution in [3.63, 3.8) is 0 Å². The van der Waals surface area contributed by atoms with Gasteiger partial charge >= 0.3 is 12.4 Å². The van der Waals surface area contributed by atoms with Gasteiger partial charge in [0.2, 0.25) is 0 Å². The largest absolute Gasteiger partial charge is 0.573 e. The van der Waals surface area contributed by atoms with Crippen molar-refractivity contribution in [2.24, 2.45) is 0 Å². The smallest absolute Gasteiger partial charge is 0.406 e. The molecule has 0 aliphatic heterocycles. The standard InChI is InChI=1S/C15H19F3N2O3/c16-15(17,18)23-13-7-10(9-21)6-12(8-13)20-14(22)19-11-4-2-1-3-5-11/h6-8,11,21H,1-5,9H2,(H2,19,20,22). The summed E-state index contributed by atoms with van der Waals surface area (Å²) in [6, 6.07) is 3.12. The minimum Gasteiger partial charge on any atom is -0.406 e. The van der Waals surface area contributed by atoms with Crippen molar-refractivity contribution < 1.29 is 27.8 Å². The van der Waals surface area contributed by atoms with Gasteiger partial charge in [-0.2, -0.15) is 0 Å². The minimum atomic E-state index is -4.84. The Hall–Kier alpha value is -1.96. The lowest BCUT2D eigenvalue weighted by Crippen LogP contribution is -2.39. The van der Waals surface area contributed by atoms with Crippen LogP contribution in [0.1, 0.15) is 37.7 Å². The van der Waals surface area contributed by atoms with Crippen LogP contribution in [0.2, 0.25) is 0 Å². The molecule has 8 heteroatoms. The van der Waals surface area contributed by atoms with E-state index in [2.05, 4.69) is 15.4 Å². The summed E-state index contributed by atoms with van der Waals surface area (Å²) in [7, 11) is 0. The third-order valence-corrected chi connectivity index (χ3v) is 3.58. The Morgan fingerprint density at radius 1 is 1.22 bits per heavy atom. The lowest BCUT2D eigenvalue weighted by molar-refractivity contribution is -0.274. The normalized spacial score (nSPS) is 16.0. The number of hydrogen-bond acceptors (Lipinski definition) is 3. The summed E-state index contributed by atoms with van der Waals surface area (Å²) in [6.07, 6.45) is 0.203. The Balaban J connectivity index is 2.02. The summed E-state index contributed by atoms with van der Waals surface area (Å²) < 4.78 is 40.7. The van der Waals surface area contributed by atoms with Gasteiger partial charge in [-0.15, -0.1) is 13.2 Å². The molecule has 0 spiro atoms. The molecule has 128 valence electrons. The van der Waals surface area contributed by atoms with Crippen LogP contribution >= 0.6 is 0 Å². The average molecular weight is 332 g/mol. The molecule has 0 bridgehead atoms. The fraction of sp³-hybridized carbons (Fsp3) is 0.533. The molecule has 0 radical (unpaired) electrons. The molecule has 0 aromatic heterocycles. The number of carbonyl (C=O) groups is 1. The molecule has 3 N–H and O–H groups in total. The predicted octanol–water partition coefficient (Wildman–Crippen LogP) is 3.53. The summed E-state index contributed by atoms with van der Waals surface area (Å²) >= 11 is 0. The number of hydrogen-bond donors (Lipinski definition) is 3. The Kier molecular flexibility index (Phi) is 5.70. The maximum absolute atomic E-state index is 12.3. The van der Waals surface area contributed by atoms with Crippen molar-refractivity contribution in [2.45, 2.75) is 51.1 Å². The van der Waals surface area contributed by atoms with E-state index in [4.69, 9.17) is 5.11 Å². The Bertz CT molecular complexity index is 543. The van der Waals surface area contributed by atoms with Crippen molar-refractivity contribution in [3.05, 3.63) is 23.8 Å². The molecule has 0 saturated heterocycles. The first-order chi connectivity index (χ1) is 10.9. The lowest BCUT2D eigenvalue weighted by atomic mass is 9.96. The zero-order valence-corrected chi connectivity index (χ0v) is 12.4. The number of amides is 2. The molecule has 5 nitrogen and oxygen atoms in total. The molecule has 1 aromatic rings. The van der Waals surface area contributed by atoms with E-state index in [0.29, 0.717) is 0 Å². The molecule has 0 atom stereocenters. The summed E-state index contributed by atoms with van der Waals surface area (Å²) in [5, 5.41) is 14.4. The highest BCUT2D eigenvalue weighted by Gasteiger charge is 2.31. The summed E-state index contributed by atoms with van der Waals surface area (Å²) in [5.41, 5.74) is 0.337. The molecule has 0 unspecified atom stereocenters. The molecular formula is C15H19F3N2O3. The maximum Gasteiger partial charge on any atom is 0.573 e. The van der Waals surface area contributed by atoms with Crippen molar-refractivity contribution in [3.8, 4) is 5.75 Å². The predicted molar refractivity (Wildman–Crippen MR) is 78.1 cm³/mol. The number of urea groups is 1. The Morgan fingerprint density at radius 2 is 1.91 bits per heavy atom. The van der Waals surface area contributed by atoms with Gasteiger partial charge in [-0.25, -0.2) is 4.79 Å². The van der Waals surface area contributed by atoms with Crippen LogP contribution in [0.15, 0.2) is 18.2 Å². The van der Waals surface area contributed by atoms with E-state index in [1.54, 1.807) is 0 Å². The van der Waals surface area contributed by atoms with Gasteiger partial charge in [-0.3, -0.25) is 0 Å². The first-order valence-corrected chi connectivity index (χ1v) is 7.44. The topological polar surface area (TPSA) is 70.6 Å². The number of halogens is 3. The molecule has 1 aliphatic rings. The number of aliphatic hydroxyl groups is 1. The average Bonchev–Trinajstić information content (AvgIpc) is 2.46. The molecule has 2 rings (SSSR count). The molecule has 0 heterocycles. The van der Waals surface area contributed by atoms with Crippen molar-refractivity contribution >= 4 is 11.7 Å². The second-order valence-electron chi connectivity index (χ2n) is 5.50. The number of benzene rings is 1. The molecule has 2 amide bonds. The van der Waals surface area contributed by atoms with Crippen molar-refractivity contribution in [1.29, 1.82) is 0 Å². The highest BCUT2D eigenvalue weighted by molar-refractivity contribution is 5.89. The van der Waals surface area contributed by atoms with E-state index in [1.807, 2.05) is 0 Å². The highest BCUT2D eigenvalue weighted by atomic mass is 19.4. The number of carbonyl (C=O) groups excluding carboxylic acids is 1.